The summed E-state index contributed by atoms with van der Waals surface area (Å²) in [4.78, 5) is 39.7. The molecular weight excluding hydrogens is 455 g/mol. The first-order valence-corrected chi connectivity index (χ1v) is 10.1. The minimum absolute atomic E-state index is 0.0228. The van der Waals surface area contributed by atoms with E-state index in [0.717, 1.165) is 6.07 Å². The quantitative estimate of drug-likeness (QED) is 0.327. The molecule has 0 saturated heterocycles. The smallest absolute Gasteiger partial charge is 0.270 e. The monoisotopic (exact) mass is 470 g/mol. The number of fused-ring (bicyclic) bond motifs is 1. The highest BCUT2D eigenvalue weighted by Gasteiger charge is 2.16. The van der Waals surface area contributed by atoms with Gasteiger partial charge < -0.3 is 5.32 Å². The van der Waals surface area contributed by atoms with E-state index in [1.165, 1.54) is 40.0 Å². The van der Waals surface area contributed by atoms with Gasteiger partial charge in [-0.2, -0.15) is 5.10 Å². The van der Waals surface area contributed by atoms with Crippen LogP contribution in [0.4, 0.5) is 10.1 Å². The average Bonchev–Trinajstić information content (AvgIpc) is 3.21. The van der Waals surface area contributed by atoms with Gasteiger partial charge in [-0.1, -0.05) is 29.8 Å². The molecule has 0 saturated carbocycles. The van der Waals surface area contributed by atoms with Crippen LogP contribution in [0, 0.1) is 15.9 Å². The van der Waals surface area contributed by atoms with E-state index >= 15 is 0 Å². The molecule has 0 aliphatic carbocycles. The van der Waals surface area contributed by atoms with Gasteiger partial charge in [-0.25, -0.2) is 14.1 Å². The first kappa shape index (κ1) is 22.1. The van der Waals surface area contributed by atoms with Crippen molar-refractivity contribution in [2.24, 2.45) is 0 Å². The summed E-state index contributed by atoms with van der Waals surface area (Å²) >= 11 is 5.98. The molecular formula is C21H16ClFN6O4. The van der Waals surface area contributed by atoms with E-state index in [4.69, 9.17) is 11.6 Å². The number of hydrogen-bond donors (Lipinski definition) is 1. The fourth-order valence-electron chi connectivity index (χ4n) is 3.26. The average molecular weight is 471 g/mol. The normalized spacial score (nSPS) is 11.0. The molecule has 1 N–H and O–H groups in total. The van der Waals surface area contributed by atoms with Crippen molar-refractivity contribution in [2.45, 2.75) is 13.1 Å². The van der Waals surface area contributed by atoms with E-state index in [1.807, 2.05) is 0 Å². The SMILES string of the molecule is O=C(NCCn1ncc2c(=O)n(Cc3ccccc3F)cnc21)c1cc([N+](=O)[O-])ccc1Cl. The molecule has 0 radical (unpaired) electrons. The Balaban J connectivity index is 1.47. The fraction of sp³-hybridized carbons (Fsp3) is 0.143. The predicted molar refractivity (Wildman–Crippen MR) is 118 cm³/mol. The van der Waals surface area contributed by atoms with Crippen molar-refractivity contribution in [1.82, 2.24) is 24.6 Å². The van der Waals surface area contributed by atoms with Crippen LogP contribution in [0.25, 0.3) is 11.0 Å². The molecule has 0 aliphatic heterocycles. The maximum atomic E-state index is 13.9. The van der Waals surface area contributed by atoms with E-state index in [1.54, 1.807) is 18.2 Å². The van der Waals surface area contributed by atoms with Gasteiger partial charge in [-0.05, 0) is 12.1 Å². The van der Waals surface area contributed by atoms with Crippen LogP contribution >= 0.6 is 11.6 Å². The number of amides is 1. The lowest BCUT2D eigenvalue weighted by Crippen LogP contribution is -2.28. The highest BCUT2D eigenvalue weighted by molar-refractivity contribution is 6.33. The summed E-state index contributed by atoms with van der Waals surface area (Å²) < 4.78 is 16.6. The number of nitrogens with zero attached hydrogens (tertiary/aromatic N) is 5. The Bertz CT molecular complexity index is 1430. The van der Waals surface area contributed by atoms with Crippen molar-refractivity contribution in [2.75, 3.05) is 6.54 Å². The summed E-state index contributed by atoms with van der Waals surface area (Å²) in [5, 5.41) is 18.0. The second-order valence-corrected chi connectivity index (χ2v) is 7.46. The van der Waals surface area contributed by atoms with Crippen LogP contribution in [0.1, 0.15) is 15.9 Å². The highest BCUT2D eigenvalue weighted by atomic mass is 35.5. The van der Waals surface area contributed by atoms with Gasteiger partial charge in [0.15, 0.2) is 5.65 Å². The van der Waals surface area contributed by atoms with E-state index < -0.39 is 16.6 Å². The fourth-order valence-corrected chi connectivity index (χ4v) is 3.46. The number of non-ortho nitro benzene ring substituents is 1. The summed E-state index contributed by atoms with van der Waals surface area (Å²) in [6.45, 7) is 0.319. The van der Waals surface area contributed by atoms with Crippen LogP contribution in [0.3, 0.4) is 0 Å². The predicted octanol–water partition coefficient (Wildman–Crippen LogP) is 2.77. The van der Waals surface area contributed by atoms with Crippen molar-refractivity contribution in [3.8, 4) is 0 Å². The molecule has 4 aromatic rings. The van der Waals surface area contributed by atoms with Gasteiger partial charge in [0.25, 0.3) is 17.2 Å². The van der Waals surface area contributed by atoms with E-state index in [-0.39, 0.29) is 46.9 Å². The molecule has 12 heteroatoms. The molecule has 0 fully saturated rings. The Labute approximate surface area is 190 Å². The van der Waals surface area contributed by atoms with E-state index in [2.05, 4.69) is 15.4 Å². The number of carbonyl (C=O) groups excluding carboxylic acids is 1. The van der Waals surface area contributed by atoms with Crippen molar-refractivity contribution in [1.29, 1.82) is 0 Å². The number of nitro groups is 1. The van der Waals surface area contributed by atoms with Crippen molar-refractivity contribution in [3.05, 3.63) is 97.4 Å². The van der Waals surface area contributed by atoms with Crippen LogP contribution in [0.5, 0.6) is 0 Å². The molecule has 33 heavy (non-hydrogen) atoms. The number of nitrogens with one attached hydrogen (secondary N) is 1. The number of hydrogen-bond acceptors (Lipinski definition) is 6. The van der Waals surface area contributed by atoms with Gasteiger partial charge in [0, 0.05) is 24.2 Å². The first-order chi connectivity index (χ1) is 15.8. The highest BCUT2D eigenvalue weighted by Crippen LogP contribution is 2.22. The first-order valence-electron chi connectivity index (χ1n) is 9.71. The summed E-state index contributed by atoms with van der Waals surface area (Å²) in [6.07, 6.45) is 2.68. The summed E-state index contributed by atoms with van der Waals surface area (Å²) in [5.74, 6) is -1.000. The second kappa shape index (κ2) is 9.17. The Hall–Kier alpha value is -4.12. The van der Waals surface area contributed by atoms with Crippen LogP contribution in [0.15, 0.2) is 59.8 Å². The number of nitro benzene ring substituents is 1. The molecule has 0 aliphatic rings. The lowest BCUT2D eigenvalue weighted by molar-refractivity contribution is -0.384. The van der Waals surface area contributed by atoms with Gasteiger partial charge in [-0.15, -0.1) is 0 Å². The lowest BCUT2D eigenvalue weighted by atomic mass is 10.2. The Kier molecular flexibility index (Phi) is 6.13. The van der Waals surface area contributed by atoms with Crippen molar-refractivity contribution >= 4 is 34.2 Å². The molecule has 2 aromatic heterocycles. The zero-order valence-corrected chi connectivity index (χ0v) is 17.7. The van der Waals surface area contributed by atoms with Gasteiger partial charge in [0.05, 0.1) is 34.8 Å². The zero-order chi connectivity index (χ0) is 23.5. The minimum Gasteiger partial charge on any atom is -0.350 e. The van der Waals surface area contributed by atoms with Gasteiger partial charge in [0.2, 0.25) is 0 Å². The molecule has 10 nitrogen and oxygen atoms in total. The molecule has 0 spiro atoms. The summed E-state index contributed by atoms with van der Waals surface area (Å²) in [5.41, 5.74) is 0.0221. The van der Waals surface area contributed by atoms with Gasteiger partial charge >= 0.3 is 0 Å². The van der Waals surface area contributed by atoms with Crippen LogP contribution in [-0.4, -0.2) is 36.7 Å². The molecule has 4 rings (SSSR count). The van der Waals surface area contributed by atoms with E-state index in [0.29, 0.717) is 11.2 Å². The lowest BCUT2D eigenvalue weighted by Gasteiger charge is -2.08. The number of rotatable bonds is 7. The Morgan fingerprint density at radius 2 is 2.03 bits per heavy atom. The van der Waals surface area contributed by atoms with Crippen LogP contribution < -0.4 is 10.9 Å². The summed E-state index contributed by atoms with van der Waals surface area (Å²) in [7, 11) is 0. The molecule has 168 valence electrons. The second-order valence-electron chi connectivity index (χ2n) is 7.05. The zero-order valence-electron chi connectivity index (χ0n) is 16.9. The number of aromatic nitrogens is 4. The molecule has 0 atom stereocenters. The van der Waals surface area contributed by atoms with E-state index in [9.17, 15) is 24.1 Å². The molecule has 2 aromatic carbocycles. The van der Waals surface area contributed by atoms with Crippen molar-refractivity contribution in [3.63, 3.8) is 0 Å². The van der Waals surface area contributed by atoms with Gasteiger partial charge in [0.1, 0.15) is 17.5 Å². The Morgan fingerprint density at radius 1 is 1.24 bits per heavy atom. The standard InChI is InChI=1S/C21H16ClFN6O4/c22-17-6-5-14(29(32)33)9-15(17)20(30)24-7-8-28-19-16(10-26-28)21(31)27(12-25-19)11-13-3-1-2-4-18(13)23/h1-6,9-10,12H,7-8,11H2,(H,24,30). The number of carbonyl (C=O) groups is 1. The van der Waals surface area contributed by atoms with Crippen LogP contribution in [-0.2, 0) is 13.1 Å². The van der Waals surface area contributed by atoms with Crippen LogP contribution in [0.2, 0.25) is 5.02 Å². The third kappa shape index (κ3) is 4.58. The molecule has 2 heterocycles. The minimum atomic E-state index is -0.617. The molecule has 0 bridgehead atoms. The largest absolute Gasteiger partial charge is 0.350 e. The number of halogens is 2. The molecule has 1 amide bonds. The molecule has 0 unspecified atom stereocenters. The third-order valence-electron chi connectivity index (χ3n) is 4.94. The number of benzene rings is 2. The Morgan fingerprint density at radius 3 is 2.79 bits per heavy atom. The maximum absolute atomic E-state index is 13.9. The maximum Gasteiger partial charge on any atom is 0.270 e. The van der Waals surface area contributed by atoms with Crippen molar-refractivity contribution < 1.29 is 14.1 Å². The third-order valence-corrected chi connectivity index (χ3v) is 5.26. The summed E-state index contributed by atoms with van der Waals surface area (Å²) in [6, 6.07) is 9.75. The van der Waals surface area contributed by atoms with Gasteiger partial charge in [-0.3, -0.25) is 24.3 Å². The topological polar surface area (TPSA) is 125 Å².